The van der Waals surface area contributed by atoms with Crippen molar-refractivity contribution in [2.45, 2.75) is 12.3 Å². The van der Waals surface area contributed by atoms with Gasteiger partial charge in [0.25, 0.3) is 0 Å². The maximum absolute atomic E-state index is 12.0. The van der Waals surface area contributed by atoms with Gasteiger partial charge >= 0.3 is 0 Å². The van der Waals surface area contributed by atoms with Crippen LogP contribution in [0.5, 0.6) is 0 Å². The van der Waals surface area contributed by atoms with Crippen LogP contribution in [-0.2, 0) is 11.8 Å². The zero-order valence-corrected chi connectivity index (χ0v) is 11.6. The lowest BCUT2D eigenvalue weighted by molar-refractivity contribution is -0.116. The fourth-order valence-electron chi connectivity index (χ4n) is 3.07. The van der Waals surface area contributed by atoms with Crippen molar-refractivity contribution < 1.29 is 4.79 Å². The zero-order valence-electron chi connectivity index (χ0n) is 11.6. The SMILES string of the molecule is Cn1ncc2c1NC(=O)C[C@@H]2c1cccc2cnccc12. The Hall–Kier alpha value is -2.69. The van der Waals surface area contributed by atoms with E-state index in [4.69, 9.17) is 0 Å². The van der Waals surface area contributed by atoms with Gasteiger partial charge in [-0.1, -0.05) is 18.2 Å². The van der Waals surface area contributed by atoms with Crippen LogP contribution in [0.25, 0.3) is 10.8 Å². The lowest BCUT2D eigenvalue weighted by Gasteiger charge is -2.24. The second-order valence-corrected chi connectivity index (χ2v) is 5.32. The molecule has 0 unspecified atom stereocenters. The van der Waals surface area contributed by atoms with Gasteiger partial charge in [-0.2, -0.15) is 5.10 Å². The van der Waals surface area contributed by atoms with Crippen LogP contribution in [0.3, 0.4) is 0 Å². The van der Waals surface area contributed by atoms with Crippen molar-refractivity contribution in [3.05, 3.63) is 54.0 Å². The second-order valence-electron chi connectivity index (χ2n) is 5.32. The lowest BCUT2D eigenvalue weighted by Crippen LogP contribution is -2.24. The smallest absolute Gasteiger partial charge is 0.226 e. The molecule has 5 heteroatoms. The minimum Gasteiger partial charge on any atom is -0.311 e. The summed E-state index contributed by atoms with van der Waals surface area (Å²) in [6.45, 7) is 0. The van der Waals surface area contributed by atoms with Crippen molar-refractivity contribution in [2.24, 2.45) is 7.05 Å². The largest absolute Gasteiger partial charge is 0.311 e. The van der Waals surface area contributed by atoms with Crippen LogP contribution >= 0.6 is 0 Å². The number of carbonyl (C=O) groups is 1. The van der Waals surface area contributed by atoms with E-state index in [0.29, 0.717) is 6.42 Å². The average molecular weight is 278 g/mol. The van der Waals surface area contributed by atoms with E-state index in [1.54, 1.807) is 10.9 Å². The van der Waals surface area contributed by atoms with Crippen LogP contribution in [0.15, 0.2) is 42.9 Å². The number of aryl methyl sites for hydroxylation is 1. The van der Waals surface area contributed by atoms with Gasteiger partial charge in [-0.25, -0.2) is 0 Å². The van der Waals surface area contributed by atoms with Crippen LogP contribution in [0.4, 0.5) is 5.82 Å². The molecule has 0 fully saturated rings. The van der Waals surface area contributed by atoms with Crippen molar-refractivity contribution in [3.8, 4) is 0 Å². The first-order chi connectivity index (χ1) is 10.2. The molecule has 1 aliphatic heterocycles. The van der Waals surface area contributed by atoms with Gasteiger partial charge in [0.05, 0.1) is 6.20 Å². The van der Waals surface area contributed by atoms with Gasteiger partial charge in [-0.15, -0.1) is 0 Å². The third-order valence-electron chi connectivity index (χ3n) is 4.08. The standard InChI is InChI=1S/C16H14N4O/c1-20-16-14(9-18-20)13(7-15(21)19-16)12-4-2-3-10-8-17-6-5-11(10)12/h2-6,8-9,13H,7H2,1H3,(H,19,21)/t13-/m1/s1. The average Bonchev–Trinajstić information content (AvgIpc) is 2.87. The van der Waals surface area contributed by atoms with Crippen LogP contribution in [0, 0.1) is 0 Å². The van der Waals surface area contributed by atoms with Crippen LogP contribution in [0.2, 0.25) is 0 Å². The number of fused-ring (bicyclic) bond motifs is 2. The number of amides is 1. The van der Waals surface area contributed by atoms with Gasteiger partial charge in [-0.05, 0) is 17.0 Å². The van der Waals surface area contributed by atoms with Crippen LogP contribution in [-0.4, -0.2) is 20.7 Å². The van der Waals surface area contributed by atoms with Crippen molar-refractivity contribution >= 4 is 22.5 Å². The fourth-order valence-corrected chi connectivity index (χ4v) is 3.07. The van der Waals surface area contributed by atoms with Gasteiger partial charge in [0.1, 0.15) is 5.82 Å². The number of hydrogen-bond donors (Lipinski definition) is 1. The van der Waals surface area contributed by atoms with Gasteiger partial charge in [0.2, 0.25) is 5.91 Å². The number of aromatic nitrogens is 3. The molecular formula is C16H14N4O. The molecule has 0 radical (unpaired) electrons. The minimum absolute atomic E-state index is 0.0298. The molecule has 4 rings (SSSR count). The first-order valence-electron chi connectivity index (χ1n) is 6.88. The van der Waals surface area contributed by atoms with Gasteiger partial charge in [0, 0.05) is 42.7 Å². The maximum atomic E-state index is 12.0. The van der Waals surface area contributed by atoms with Gasteiger partial charge in [0.15, 0.2) is 0 Å². The van der Waals surface area contributed by atoms with Crippen molar-refractivity contribution in [3.63, 3.8) is 0 Å². The Kier molecular flexibility index (Phi) is 2.54. The number of rotatable bonds is 1. The quantitative estimate of drug-likeness (QED) is 0.743. The van der Waals surface area contributed by atoms with E-state index in [1.165, 1.54) is 0 Å². The van der Waals surface area contributed by atoms with E-state index in [2.05, 4.69) is 21.5 Å². The highest BCUT2D eigenvalue weighted by Crippen LogP contribution is 2.39. The van der Waals surface area contributed by atoms with E-state index in [0.717, 1.165) is 27.7 Å². The summed E-state index contributed by atoms with van der Waals surface area (Å²) in [6.07, 6.45) is 5.93. The molecule has 104 valence electrons. The van der Waals surface area contributed by atoms with E-state index in [9.17, 15) is 4.79 Å². The molecule has 5 nitrogen and oxygen atoms in total. The monoisotopic (exact) mass is 278 g/mol. The molecule has 0 saturated carbocycles. The molecule has 3 heterocycles. The number of pyridine rings is 1. The molecule has 21 heavy (non-hydrogen) atoms. The maximum Gasteiger partial charge on any atom is 0.226 e. The normalized spacial score (nSPS) is 17.6. The first-order valence-corrected chi connectivity index (χ1v) is 6.88. The molecule has 0 saturated heterocycles. The number of benzene rings is 1. The van der Waals surface area contributed by atoms with Crippen molar-refractivity contribution in [2.75, 3.05) is 5.32 Å². The highest BCUT2D eigenvalue weighted by Gasteiger charge is 2.30. The Morgan fingerprint density at radius 1 is 1.24 bits per heavy atom. The van der Waals surface area contributed by atoms with E-state index >= 15 is 0 Å². The second kappa shape index (κ2) is 4.41. The highest BCUT2D eigenvalue weighted by molar-refractivity contribution is 5.96. The zero-order chi connectivity index (χ0) is 14.4. The third kappa shape index (κ3) is 1.81. The summed E-state index contributed by atoms with van der Waals surface area (Å²) in [4.78, 5) is 16.2. The molecule has 1 atom stereocenters. The first kappa shape index (κ1) is 12.1. The summed E-state index contributed by atoms with van der Waals surface area (Å²) < 4.78 is 1.71. The van der Waals surface area contributed by atoms with Crippen molar-refractivity contribution in [1.82, 2.24) is 14.8 Å². The molecule has 1 N–H and O–H groups in total. The molecule has 0 aliphatic carbocycles. The molecule has 3 aromatic rings. The Labute approximate surface area is 121 Å². The third-order valence-corrected chi connectivity index (χ3v) is 4.08. The van der Waals surface area contributed by atoms with Crippen LogP contribution in [0.1, 0.15) is 23.5 Å². The molecule has 1 aromatic carbocycles. The number of hydrogen-bond acceptors (Lipinski definition) is 3. The van der Waals surface area contributed by atoms with Gasteiger partial charge in [-0.3, -0.25) is 14.5 Å². The Bertz CT molecular complexity index is 847. The lowest BCUT2D eigenvalue weighted by atomic mass is 9.85. The molecule has 2 aromatic heterocycles. The summed E-state index contributed by atoms with van der Waals surface area (Å²) in [7, 11) is 1.84. The summed E-state index contributed by atoms with van der Waals surface area (Å²) in [5, 5.41) is 9.41. The molecule has 1 amide bonds. The van der Waals surface area contributed by atoms with E-state index < -0.39 is 0 Å². The summed E-state index contributed by atoms with van der Waals surface area (Å²) in [5.41, 5.74) is 2.22. The van der Waals surface area contributed by atoms with Crippen molar-refractivity contribution in [1.29, 1.82) is 0 Å². The molecule has 1 aliphatic rings. The highest BCUT2D eigenvalue weighted by atomic mass is 16.1. The number of anilines is 1. The number of nitrogens with zero attached hydrogens (tertiary/aromatic N) is 3. The Balaban J connectivity index is 1.95. The summed E-state index contributed by atoms with van der Waals surface area (Å²) in [6, 6.07) is 8.15. The minimum atomic E-state index is 0.0298. The van der Waals surface area contributed by atoms with Gasteiger partial charge < -0.3 is 5.32 Å². The summed E-state index contributed by atoms with van der Waals surface area (Å²) in [5.74, 6) is 0.859. The molecular weight excluding hydrogens is 264 g/mol. The summed E-state index contributed by atoms with van der Waals surface area (Å²) >= 11 is 0. The predicted molar refractivity (Wildman–Crippen MR) is 80.0 cm³/mol. The Morgan fingerprint density at radius 2 is 2.14 bits per heavy atom. The number of carbonyl (C=O) groups excluding carboxylic acids is 1. The fraction of sp³-hybridized carbons (Fsp3) is 0.188. The van der Waals surface area contributed by atoms with Crippen LogP contribution < -0.4 is 5.32 Å². The van der Waals surface area contributed by atoms with E-state index in [-0.39, 0.29) is 11.8 Å². The molecule has 0 spiro atoms. The molecule has 0 bridgehead atoms. The van der Waals surface area contributed by atoms with E-state index in [1.807, 2.05) is 37.6 Å². The Morgan fingerprint density at radius 3 is 3.05 bits per heavy atom. The predicted octanol–water partition coefficient (Wildman–Crippen LogP) is 2.44. The number of nitrogens with one attached hydrogen (secondary N) is 1. The topological polar surface area (TPSA) is 59.8 Å².